The van der Waals surface area contributed by atoms with Crippen molar-refractivity contribution in [1.82, 2.24) is 10.2 Å². The van der Waals surface area contributed by atoms with Gasteiger partial charge < -0.3 is 20.1 Å². The third-order valence-corrected chi connectivity index (χ3v) is 5.95. The molecule has 6 heteroatoms. The Hall–Kier alpha value is -3.02. The van der Waals surface area contributed by atoms with E-state index in [9.17, 15) is 14.7 Å². The molecule has 1 aliphatic heterocycles. The van der Waals surface area contributed by atoms with Crippen LogP contribution in [0.15, 0.2) is 72.8 Å². The fourth-order valence-electron chi connectivity index (χ4n) is 4.28. The van der Waals surface area contributed by atoms with Crippen LogP contribution in [0.1, 0.15) is 39.5 Å². The second-order valence-corrected chi connectivity index (χ2v) is 9.10. The highest BCUT2D eigenvalue weighted by atomic mass is 16.5. The summed E-state index contributed by atoms with van der Waals surface area (Å²) in [6, 6.07) is 0.282. The number of nitrogens with one attached hydrogen (secondary N) is 1. The molecule has 2 N–H and O–H groups in total. The van der Waals surface area contributed by atoms with E-state index in [-0.39, 0.29) is 30.0 Å². The largest absolute Gasteiger partial charge is 0.508 e. The van der Waals surface area contributed by atoms with Crippen LogP contribution < -0.4 is 5.32 Å². The molecule has 2 rings (SSSR count). The summed E-state index contributed by atoms with van der Waals surface area (Å²) in [5, 5.41) is 13.6. The number of likely N-dealkylation sites (tertiary alicyclic amines) is 1. The van der Waals surface area contributed by atoms with Crippen molar-refractivity contribution in [2.45, 2.75) is 45.6 Å². The quantitative estimate of drug-likeness (QED) is 0.272. The Morgan fingerprint density at radius 3 is 2.36 bits per heavy atom. The molecule has 180 valence electrons. The molecule has 1 heterocycles. The molecule has 0 aromatic rings. The molecule has 1 aliphatic carbocycles. The Morgan fingerprint density at radius 1 is 1.15 bits per heavy atom. The highest BCUT2D eigenvalue weighted by Gasteiger charge is 2.29. The smallest absolute Gasteiger partial charge is 0.244 e. The predicted octanol–water partition coefficient (Wildman–Crippen LogP) is 4.60. The maximum atomic E-state index is 13.3. The van der Waals surface area contributed by atoms with Crippen molar-refractivity contribution < 1.29 is 19.4 Å². The van der Waals surface area contributed by atoms with E-state index in [1.54, 1.807) is 24.3 Å². The van der Waals surface area contributed by atoms with Gasteiger partial charge in [0.2, 0.25) is 11.8 Å². The Kier molecular flexibility index (Phi) is 10.2. The fourth-order valence-corrected chi connectivity index (χ4v) is 4.28. The lowest BCUT2D eigenvalue weighted by Crippen LogP contribution is -2.43. The number of allylic oxidation sites excluding steroid dienone is 7. The van der Waals surface area contributed by atoms with Crippen LogP contribution in [0.2, 0.25) is 0 Å². The number of nitrogens with zero attached hydrogens (tertiary/aromatic N) is 1. The zero-order valence-corrected chi connectivity index (χ0v) is 20.1. The molecule has 3 unspecified atom stereocenters. The third-order valence-electron chi connectivity index (χ3n) is 5.95. The number of carbonyl (C=O) groups excluding carboxylic acids is 2. The number of ether oxygens (including phenoxy) is 1. The summed E-state index contributed by atoms with van der Waals surface area (Å²) in [6.07, 6.45) is 14.2. The van der Waals surface area contributed by atoms with Gasteiger partial charge in [-0.1, -0.05) is 51.3 Å². The highest BCUT2D eigenvalue weighted by Crippen LogP contribution is 2.31. The molecule has 2 amide bonds. The van der Waals surface area contributed by atoms with Crippen LogP contribution in [0.4, 0.5) is 0 Å². The molecular formula is C27H38N2O4. The molecule has 3 atom stereocenters. The minimum absolute atomic E-state index is 0.0180. The minimum Gasteiger partial charge on any atom is -0.508 e. The van der Waals surface area contributed by atoms with Crippen molar-refractivity contribution in [3.05, 3.63) is 72.8 Å². The molecule has 0 aromatic heterocycles. The summed E-state index contributed by atoms with van der Waals surface area (Å²) in [6.45, 7) is 13.6. The monoisotopic (exact) mass is 454 g/mol. The number of aliphatic hydroxyl groups excluding tert-OH is 1. The van der Waals surface area contributed by atoms with E-state index < -0.39 is 5.92 Å². The van der Waals surface area contributed by atoms with E-state index in [1.165, 1.54) is 25.5 Å². The lowest BCUT2D eigenvalue weighted by Gasteiger charge is -2.36. The van der Waals surface area contributed by atoms with E-state index >= 15 is 0 Å². The van der Waals surface area contributed by atoms with Crippen molar-refractivity contribution in [2.24, 2.45) is 17.8 Å². The van der Waals surface area contributed by atoms with Gasteiger partial charge in [-0.15, -0.1) is 0 Å². The van der Waals surface area contributed by atoms with Crippen LogP contribution in [0.25, 0.3) is 0 Å². The van der Waals surface area contributed by atoms with E-state index in [2.05, 4.69) is 32.3 Å². The normalized spacial score (nSPS) is 23.2. The summed E-state index contributed by atoms with van der Waals surface area (Å²) in [4.78, 5) is 27.2. The molecule has 0 bridgehead atoms. The molecule has 2 fully saturated rings. The number of methoxy groups -OCH3 is 1. The summed E-state index contributed by atoms with van der Waals surface area (Å²) in [5.41, 5.74) is 1.21. The molecule has 0 spiro atoms. The number of piperidine rings is 1. The van der Waals surface area contributed by atoms with Gasteiger partial charge in [0, 0.05) is 49.2 Å². The maximum Gasteiger partial charge on any atom is 0.244 e. The number of carbonyl (C=O) groups is 2. The topological polar surface area (TPSA) is 78.9 Å². The predicted molar refractivity (Wildman–Crippen MR) is 132 cm³/mol. The number of rotatable bonds is 11. The van der Waals surface area contributed by atoms with Crippen LogP contribution >= 0.6 is 0 Å². The van der Waals surface area contributed by atoms with Crippen molar-refractivity contribution in [3.63, 3.8) is 0 Å². The first-order chi connectivity index (χ1) is 15.8. The number of hydrogen-bond donors (Lipinski definition) is 2. The van der Waals surface area contributed by atoms with Gasteiger partial charge in [-0.25, -0.2) is 0 Å². The zero-order chi connectivity index (χ0) is 24.4. The van der Waals surface area contributed by atoms with Crippen molar-refractivity contribution in [3.8, 4) is 0 Å². The standard InChI is InChI=1S/C27H38N2O4/c1-6-21(9-8-10-26(31)28-22-11-12-22)24(23(7-2)25(30)13-14-33-5)16-27(32)29-17-19(3)15-20(4)18-29/h6-10,13-14,19-20,22,24,30H,1-2,11-12,15-18H2,3-5H3,(H,28,31)/b10-8+,14-13+,21-9+,25-23-. The van der Waals surface area contributed by atoms with Crippen LogP contribution in [0.3, 0.4) is 0 Å². The molecule has 1 saturated heterocycles. The molecule has 0 radical (unpaired) electrons. The number of hydrogen-bond acceptors (Lipinski definition) is 4. The lowest BCUT2D eigenvalue weighted by atomic mass is 9.85. The second-order valence-electron chi connectivity index (χ2n) is 9.10. The van der Waals surface area contributed by atoms with Crippen LogP contribution in [0, 0.1) is 17.8 Å². The molecule has 0 aromatic carbocycles. The number of aliphatic hydroxyl groups is 1. The Labute approximate surface area is 198 Å². The first-order valence-corrected chi connectivity index (χ1v) is 11.6. The van der Waals surface area contributed by atoms with Gasteiger partial charge in [-0.3, -0.25) is 9.59 Å². The molecule has 1 saturated carbocycles. The van der Waals surface area contributed by atoms with Crippen LogP contribution in [0.5, 0.6) is 0 Å². The average Bonchev–Trinajstić information content (AvgIpc) is 3.58. The maximum absolute atomic E-state index is 13.3. The van der Waals surface area contributed by atoms with Gasteiger partial charge in [0.05, 0.1) is 13.4 Å². The second kappa shape index (κ2) is 12.9. The third kappa shape index (κ3) is 8.44. The SMILES string of the molecule is C=C/C(=C(O)\C=C\OC)C(CC(=O)N1CC(C)CC(C)C1)/C(C=C)=C/C=C/C(=O)NC1CC1. The highest BCUT2D eigenvalue weighted by molar-refractivity contribution is 5.88. The van der Waals surface area contributed by atoms with Gasteiger partial charge in [0.1, 0.15) is 5.76 Å². The zero-order valence-electron chi connectivity index (χ0n) is 20.1. The molecule has 2 aliphatic rings. The first-order valence-electron chi connectivity index (χ1n) is 11.6. The van der Waals surface area contributed by atoms with Gasteiger partial charge in [0.15, 0.2) is 0 Å². The van der Waals surface area contributed by atoms with Gasteiger partial charge >= 0.3 is 0 Å². The summed E-state index contributed by atoms with van der Waals surface area (Å²) in [5.74, 6) is 0.263. The van der Waals surface area contributed by atoms with E-state index in [0.29, 0.717) is 23.0 Å². The Balaban J connectivity index is 2.32. The van der Waals surface area contributed by atoms with Crippen molar-refractivity contribution in [2.75, 3.05) is 20.2 Å². The summed E-state index contributed by atoms with van der Waals surface area (Å²) in [7, 11) is 1.49. The summed E-state index contributed by atoms with van der Waals surface area (Å²) < 4.78 is 4.93. The molecule has 6 nitrogen and oxygen atoms in total. The fraction of sp³-hybridized carbons (Fsp3) is 0.481. The molecule has 33 heavy (non-hydrogen) atoms. The summed E-state index contributed by atoms with van der Waals surface area (Å²) >= 11 is 0. The van der Waals surface area contributed by atoms with Gasteiger partial charge in [-0.05, 0) is 36.7 Å². The van der Waals surface area contributed by atoms with Crippen LogP contribution in [-0.4, -0.2) is 48.1 Å². The lowest BCUT2D eigenvalue weighted by molar-refractivity contribution is -0.134. The van der Waals surface area contributed by atoms with E-state index in [1.807, 2.05) is 4.90 Å². The van der Waals surface area contributed by atoms with Crippen molar-refractivity contribution in [1.29, 1.82) is 0 Å². The van der Waals surface area contributed by atoms with Crippen molar-refractivity contribution >= 4 is 11.8 Å². The average molecular weight is 455 g/mol. The van der Waals surface area contributed by atoms with Crippen LogP contribution in [-0.2, 0) is 14.3 Å². The Morgan fingerprint density at radius 2 is 1.82 bits per heavy atom. The Bertz CT molecular complexity index is 838. The van der Waals surface area contributed by atoms with Gasteiger partial charge in [-0.2, -0.15) is 0 Å². The minimum atomic E-state index is -0.474. The van der Waals surface area contributed by atoms with Gasteiger partial charge in [0.25, 0.3) is 0 Å². The van der Waals surface area contributed by atoms with E-state index in [0.717, 1.165) is 32.4 Å². The number of amides is 2. The molecular weight excluding hydrogens is 416 g/mol. The first kappa shape index (κ1) is 26.2. The van der Waals surface area contributed by atoms with E-state index in [4.69, 9.17) is 4.74 Å².